The number of carbonyl (C=O) groups is 1. The van der Waals surface area contributed by atoms with E-state index in [0.29, 0.717) is 17.7 Å². The summed E-state index contributed by atoms with van der Waals surface area (Å²) in [7, 11) is 2.07. The Kier molecular flexibility index (Phi) is 3.63. The number of nitrogens with zero attached hydrogens (tertiary/aromatic N) is 2. The molecule has 104 valence electrons. The van der Waals surface area contributed by atoms with Gasteiger partial charge in [-0.05, 0) is 51.6 Å². The molecule has 4 heteroatoms. The van der Waals surface area contributed by atoms with Gasteiger partial charge < -0.3 is 4.90 Å². The summed E-state index contributed by atoms with van der Waals surface area (Å²) in [5.74, 6) is -0.278. The molecule has 0 spiro atoms. The van der Waals surface area contributed by atoms with Crippen LogP contribution in [0.1, 0.15) is 29.8 Å². The van der Waals surface area contributed by atoms with E-state index in [0.717, 1.165) is 13.1 Å². The second kappa shape index (κ2) is 4.93. The number of piperazine rings is 1. The van der Waals surface area contributed by atoms with E-state index in [9.17, 15) is 9.18 Å². The highest BCUT2D eigenvalue weighted by molar-refractivity contribution is 5.94. The minimum Gasteiger partial charge on any atom is -0.336 e. The Morgan fingerprint density at radius 2 is 2.00 bits per heavy atom. The Morgan fingerprint density at radius 3 is 2.58 bits per heavy atom. The van der Waals surface area contributed by atoms with Crippen molar-refractivity contribution in [1.82, 2.24) is 9.80 Å². The SMILES string of the molecule is Cc1cc(C(=O)N2CCN(C)C(C)(C)C2)ccc1F. The lowest BCUT2D eigenvalue weighted by atomic mass is 9.99. The Morgan fingerprint density at radius 1 is 1.32 bits per heavy atom. The average Bonchev–Trinajstić information content (AvgIpc) is 2.35. The van der Waals surface area contributed by atoms with E-state index in [1.807, 2.05) is 4.90 Å². The third-order valence-electron chi connectivity index (χ3n) is 4.01. The molecule has 1 aliphatic heterocycles. The predicted molar refractivity (Wildman–Crippen MR) is 73.7 cm³/mol. The van der Waals surface area contributed by atoms with Gasteiger partial charge in [0.1, 0.15) is 5.82 Å². The van der Waals surface area contributed by atoms with Gasteiger partial charge in [0.2, 0.25) is 0 Å². The summed E-state index contributed by atoms with van der Waals surface area (Å²) < 4.78 is 13.2. The van der Waals surface area contributed by atoms with Crippen molar-refractivity contribution < 1.29 is 9.18 Å². The van der Waals surface area contributed by atoms with Crippen LogP contribution in [-0.4, -0.2) is 47.9 Å². The van der Waals surface area contributed by atoms with Gasteiger partial charge in [-0.2, -0.15) is 0 Å². The Bertz CT molecular complexity index is 499. The van der Waals surface area contributed by atoms with Crippen molar-refractivity contribution in [2.45, 2.75) is 26.3 Å². The summed E-state index contributed by atoms with van der Waals surface area (Å²) in [5.41, 5.74) is 1.06. The zero-order valence-electron chi connectivity index (χ0n) is 12.0. The number of halogens is 1. The molecule has 0 radical (unpaired) electrons. The van der Waals surface area contributed by atoms with E-state index >= 15 is 0 Å². The number of benzene rings is 1. The van der Waals surface area contributed by atoms with E-state index < -0.39 is 0 Å². The summed E-state index contributed by atoms with van der Waals surface area (Å²) in [6.45, 7) is 8.21. The second-order valence-corrected chi connectivity index (χ2v) is 5.92. The summed E-state index contributed by atoms with van der Waals surface area (Å²) in [6, 6.07) is 4.56. The molecule has 0 bridgehead atoms. The maximum absolute atomic E-state index is 13.2. The summed E-state index contributed by atoms with van der Waals surface area (Å²) in [4.78, 5) is 16.6. The maximum atomic E-state index is 13.2. The van der Waals surface area contributed by atoms with Crippen LogP contribution in [0.25, 0.3) is 0 Å². The van der Waals surface area contributed by atoms with E-state index in [2.05, 4.69) is 25.8 Å². The lowest BCUT2D eigenvalue weighted by Crippen LogP contribution is -2.58. The number of aryl methyl sites for hydroxylation is 1. The molecule has 2 rings (SSSR count). The van der Waals surface area contributed by atoms with E-state index in [-0.39, 0.29) is 17.3 Å². The smallest absolute Gasteiger partial charge is 0.253 e. The lowest BCUT2D eigenvalue weighted by Gasteiger charge is -2.45. The molecule has 0 N–H and O–H groups in total. The molecule has 19 heavy (non-hydrogen) atoms. The van der Waals surface area contributed by atoms with E-state index in [4.69, 9.17) is 0 Å². The molecule has 0 aromatic heterocycles. The maximum Gasteiger partial charge on any atom is 0.253 e. The first-order valence-corrected chi connectivity index (χ1v) is 6.58. The molecule has 1 amide bonds. The highest BCUT2D eigenvalue weighted by atomic mass is 19.1. The minimum absolute atomic E-state index is 0.00993. The molecule has 1 aromatic carbocycles. The molecule has 0 saturated carbocycles. The number of rotatable bonds is 1. The average molecular weight is 264 g/mol. The summed E-state index contributed by atoms with van der Waals surface area (Å²) >= 11 is 0. The predicted octanol–water partition coefficient (Wildman–Crippen LogP) is 2.30. The fraction of sp³-hybridized carbons (Fsp3) is 0.533. The summed E-state index contributed by atoms with van der Waals surface area (Å²) in [6.07, 6.45) is 0. The monoisotopic (exact) mass is 264 g/mol. The Labute approximate surface area is 114 Å². The first kappa shape index (κ1) is 14.0. The number of amides is 1. The van der Waals surface area contributed by atoms with Crippen molar-refractivity contribution in [2.24, 2.45) is 0 Å². The van der Waals surface area contributed by atoms with Crippen molar-refractivity contribution in [2.75, 3.05) is 26.7 Å². The number of hydrogen-bond donors (Lipinski definition) is 0. The van der Waals surface area contributed by atoms with Crippen LogP contribution >= 0.6 is 0 Å². The van der Waals surface area contributed by atoms with Crippen LogP contribution < -0.4 is 0 Å². The fourth-order valence-corrected chi connectivity index (χ4v) is 2.37. The quantitative estimate of drug-likeness (QED) is 0.777. The van der Waals surface area contributed by atoms with Crippen LogP contribution in [0.15, 0.2) is 18.2 Å². The van der Waals surface area contributed by atoms with Crippen LogP contribution in [0.4, 0.5) is 4.39 Å². The topological polar surface area (TPSA) is 23.6 Å². The molecule has 1 fully saturated rings. The van der Waals surface area contributed by atoms with Gasteiger partial charge in [0.05, 0.1) is 0 Å². The highest BCUT2D eigenvalue weighted by Gasteiger charge is 2.33. The number of hydrogen-bond acceptors (Lipinski definition) is 2. The highest BCUT2D eigenvalue weighted by Crippen LogP contribution is 2.21. The Hall–Kier alpha value is -1.42. The molecule has 1 heterocycles. The molecular formula is C15H21FN2O. The van der Waals surface area contributed by atoms with Gasteiger partial charge in [-0.3, -0.25) is 9.69 Å². The molecule has 1 saturated heterocycles. The van der Waals surface area contributed by atoms with Crippen molar-refractivity contribution >= 4 is 5.91 Å². The van der Waals surface area contributed by atoms with Gasteiger partial charge in [0.15, 0.2) is 0 Å². The molecule has 1 aliphatic rings. The van der Waals surface area contributed by atoms with E-state index in [1.54, 1.807) is 19.1 Å². The minimum atomic E-state index is -0.268. The van der Waals surface area contributed by atoms with Crippen LogP contribution in [-0.2, 0) is 0 Å². The molecule has 0 unspecified atom stereocenters. The first-order valence-electron chi connectivity index (χ1n) is 6.58. The van der Waals surface area contributed by atoms with Crippen molar-refractivity contribution in [3.8, 4) is 0 Å². The van der Waals surface area contributed by atoms with Crippen molar-refractivity contribution in [3.63, 3.8) is 0 Å². The number of likely N-dealkylation sites (N-methyl/N-ethyl adjacent to an activating group) is 1. The van der Waals surface area contributed by atoms with Crippen LogP contribution in [0.2, 0.25) is 0 Å². The van der Waals surface area contributed by atoms with Gasteiger partial charge in [0, 0.05) is 30.7 Å². The van der Waals surface area contributed by atoms with Crippen LogP contribution in [0.3, 0.4) is 0 Å². The Balaban J connectivity index is 2.18. The molecular weight excluding hydrogens is 243 g/mol. The van der Waals surface area contributed by atoms with Gasteiger partial charge in [-0.25, -0.2) is 4.39 Å². The zero-order valence-corrected chi connectivity index (χ0v) is 12.0. The molecule has 0 atom stereocenters. The normalized spacial score (nSPS) is 19.5. The zero-order chi connectivity index (χ0) is 14.2. The fourth-order valence-electron chi connectivity index (χ4n) is 2.37. The molecule has 1 aromatic rings. The third kappa shape index (κ3) is 2.78. The van der Waals surface area contributed by atoms with Gasteiger partial charge in [-0.15, -0.1) is 0 Å². The second-order valence-electron chi connectivity index (χ2n) is 5.92. The van der Waals surface area contributed by atoms with Crippen LogP contribution in [0.5, 0.6) is 0 Å². The van der Waals surface area contributed by atoms with Gasteiger partial charge >= 0.3 is 0 Å². The van der Waals surface area contributed by atoms with Gasteiger partial charge in [0.25, 0.3) is 5.91 Å². The van der Waals surface area contributed by atoms with Crippen molar-refractivity contribution in [3.05, 3.63) is 35.1 Å². The van der Waals surface area contributed by atoms with Crippen molar-refractivity contribution in [1.29, 1.82) is 0 Å². The molecule has 3 nitrogen and oxygen atoms in total. The first-order chi connectivity index (χ1) is 8.81. The largest absolute Gasteiger partial charge is 0.336 e. The van der Waals surface area contributed by atoms with Gasteiger partial charge in [-0.1, -0.05) is 0 Å². The lowest BCUT2D eigenvalue weighted by molar-refractivity contribution is 0.0311. The van der Waals surface area contributed by atoms with Crippen LogP contribution in [0, 0.1) is 12.7 Å². The molecule has 0 aliphatic carbocycles. The summed E-state index contributed by atoms with van der Waals surface area (Å²) in [5, 5.41) is 0. The third-order valence-corrected chi connectivity index (χ3v) is 4.01. The number of carbonyl (C=O) groups excluding carboxylic acids is 1. The standard InChI is InChI=1S/C15H21FN2O/c1-11-9-12(5-6-13(11)16)14(19)18-8-7-17(4)15(2,3)10-18/h5-6,9H,7-8,10H2,1-4H3. The van der Waals surface area contributed by atoms with E-state index in [1.165, 1.54) is 6.07 Å².